The number of nitrogens with zero attached hydrogens (tertiary/aromatic N) is 2. The number of benzene rings is 2. The summed E-state index contributed by atoms with van der Waals surface area (Å²) in [5.74, 6) is 2.92. The molecule has 0 radical (unpaired) electrons. The average molecular weight is 410 g/mol. The van der Waals surface area contributed by atoms with Crippen LogP contribution in [-0.2, 0) is 4.79 Å². The normalized spacial score (nSPS) is 16.3. The Kier molecular flexibility index (Phi) is 6.57. The first-order valence-corrected chi connectivity index (χ1v) is 9.68. The Hall–Kier alpha value is -3.24. The first kappa shape index (κ1) is 20.5. The number of terminal acetylenes is 1. The maximum absolute atomic E-state index is 13.1. The minimum atomic E-state index is -0.338. The van der Waals surface area contributed by atoms with Gasteiger partial charge in [-0.25, -0.2) is 9.38 Å². The third kappa shape index (κ3) is 4.61. The SMILES string of the molecule is C#CCOc1c(/C=C2/SC(=Nc3ccc(F)cc3)N(CC)C2=O)cccc1OC. The van der Waals surface area contributed by atoms with E-state index in [9.17, 15) is 9.18 Å². The number of amides is 1. The predicted octanol–water partition coefficient (Wildman–Crippen LogP) is 4.47. The number of ether oxygens (including phenoxy) is 2. The lowest BCUT2D eigenvalue weighted by atomic mass is 10.1. The Balaban J connectivity index is 1.97. The summed E-state index contributed by atoms with van der Waals surface area (Å²) in [6, 6.07) is 11.2. The Bertz CT molecular complexity index is 1010. The molecule has 0 saturated carbocycles. The summed E-state index contributed by atoms with van der Waals surface area (Å²) in [7, 11) is 1.54. The van der Waals surface area contributed by atoms with Gasteiger partial charge in [-0.3, -0.25) is 9.69 Å². The van der Waals surface area contributed by atoms with Crippen LogP contribution in [0, 0.1) is 18.2 Å². The van der Waals surface area contributed by atoms with E-state index in [1.54, 1.807) is 29.2 Å². The number of thioether (sulfide) groups is 1. The van der Waals surface area contributed by atoms with Gasteiger partial charge in [0.1, 0.15) is 12.4 Å². The lowest BCUT2D eigenvalue weighted by molar-refractivity contribution is -0.122. The summed E-state index contributed by atoms with van der Waals surface area (Å²) in [5.41, 5.74) is 1.25. The Morgan fingerprint density at radius 3 is 2.69 bits per heavy atom. The maximum Gasteiger partial charge on any atom is 0.266 e. The molecule has 5 nitrogen and oxygen atoms in total. The topological polar surface area (TPSA) is 51.1 Å². The quantitative estimate of drug-likeness (QED) is 0.521. The zero-order chi connectivity index (χ0) is 20.8. The van der Waals surface area contributed by atoms with Crippen molar-refractivity contribution in [1.29, 1.82) is 0 Å². The van der Waals surface area contributed by atoms with Gasteiger partial charge in [0.15, 0.2) is 16.7 Å². The van der Waals surface area contributed by atoms with Gasteiger partial charge in [0.2, 0.25) is 0 Å². The molecule has 0 N–H and O–H groups in total. The molecule has 148 valence electrons. The van der Waals surface area contributed by atoms with E-state index in [-0.39, 0.29) is 18.3 Å². The number of amidine groups is 1. The van der Waals surface area contributed by atoms with Crippen LogP contribution in [0.3, 0.4) is 0 Å². The molecule has 0 aromatic heterocycles. The van der Waals surface area contributed by atoms with Crippen molar-refractivity contribution in [2.45, 2.75) is 6.92 Å². The van der Waals surface area contributed by atoms with Crippen LogP contribution in [0.4, 0.5) is 10.1 Å². The molecule has 1 saturated heterocycles. The van der Waals surface area contributed by atoms with Crippen LogP contribution in [0.15, 0.2) is 52.4 Å². The van der Waals surface area contributed by atoms with Crippen LogP contribution < -0.4 is 9.47 Å². The van der Waals surface area contributed by atoms with E-state index in [0.717, 1.165) is 0 Å². The van der Waals surface area contributed by atoms with Gasteiger partial charge in [-0.1, -0.05) is 18.1 Å². The maximum atomic E-state index is 13.1. The van der Waals surface area contributed by atoms with E-state index >= 15 is 0 Å². The molecule has 1 amide bonds. The number of carbonyl (C=O) groups is 1. The van der Waals surface area contributed by atoms with Crippen LogP contribution in [0.2, 0.25) is 0 Å². The molecule has 1 fully saturated rings. The highest BCUT2D eigenvalue weighted by Crippen LogP contribution is 2.38. The molecule has 0 atom stereocenters. The molecule has 0 unspecified atom stereocenters. The Morgan fingerprint density at radius 2 is 2.03 bits per heavy atom. The molecule has 3 rings (SSSR count). The standard InChI is InChI=1S/C22H19FN2O3S/c1-4-13-28-20-15(7-6-8-18(20)27-3)14-19-21(26)25(5-2)22(29-19)24-17-11-9-16(23)10-12-17/h1,6-12,14H,5,13H2,2-3H3/b19-14+,24-22?. The molecule has 2 aromatic rings. The highest BCUT2D eigenvalue weighted by Gasteiger charge is 2.32. The fraction of sp³-hybridized carbons (Fsp3) is 0.182. The molecule has 29 heavy (non-hydrogen) atoms. The van der Waals surface area contributed by atoms with Gasteiger partial charge in [0, 0.05) is 12.1 Å². The third-order valence-electron chi connectivity index (χ3n) is 4.07. The minimum Gasteiger partial charge on any atom is -0.493 e. The molecule has 1 aliphatic heterocycles. The average Bonchev–Trinajstić information content (AvgIpc) is 3.02. The van der Waals surface area contributed by atoms with E-state index < -0.39 is 0 Å². The number of aliphatic imine (C=N–C) groups is 1. The van der Waals surface area contributed by atoms with Crippen molar-refractivity contribution in [3.05, 3.63) is 58.8 Å². The number of hydrogen-bond acceptors (Lipinski definition) is 5. The summed E-state index contributed by atoms with van der Waals surface area (Å²) in [5, 5.41) is 0.532. The smallest absolute Gasteiger partial charge is 0.266 e. The lowest BCUT2D eigenvalue weighted by Crippen LogP contribution is -2.28. The first-order chi connectivity index (χ1) is 14.1. The van der Waals surface area contributed by atoms with Crippen LogP contribution >= 0.6 is 11.8 Å². The van der Waals surface area contributed by atoms with Crippen molar-refractivity contribution < 1.29 is 18.7 Å². The monoisotopic (exact) mass is 410 g/mol. The lowest BCUT2D eigenvalue weighted by Gasteiger charge is -2.12. The van der Waals surface area contributed by atoms with E-state index in [2.05, 4.69) is 10.9 Å². The largest absolute Gasteiger partial charge is 0.493 e. The van der Waals surface area contributed by atoms with Gasteiger partial charge in [-0.2, -0.15) is 0 Å². The highest BCUT2D eigenvalue weighted by molar-refractivity contribution is 8.18. The molecular weight excluding hydrogens is 391 g/mol. The Labute approximate surface area is 173 Å². The van der Waals surface area contributed by atoms with Crippen molar-refractivity contribution in [2.75, 3.05) is 20.3 Å². The highest BCUT2D eigenvalue weighted by atomic mass is 32.2. The van der Waals surface area contributed by atoms with E-state index in [0.29, 0.717) is 39.4 Å². The van der Waals surface area contributed by atoms with Gasteiger partial charge in [-0.15, -0.1) is 6.42 Å². The van der Waals surface area contributed by atoms with Gasteiger partial charge in [0.25, 0.3) is 5.91 Å². The summed E-state index contributed by atoms with van der Waals surface area (Å²) in [6.07, 6.45) is 7.04. The van der Waals surface area contributed by atoms with Crippen molar-refractivity contribution >= 4 is 34.6 Å². The summed E-state index contributed by atoms with van der Waals surface area (Å²) >= 11 is 1.25. The van der Waals surface area contributed by atoms with Crippen molar-refractivity contribution in [3.63, 3.8) is 0 Å². The summed E-state index contributed by atoms with van der Waals surface area (Å²) < 4.78 is 24.1. The number of halogens is 1. The number of likely N-dealkylation sites (N-methyl/N-ethyl adjacent to an activating group) is 1. The van der Waals surface area contributed by atoms with Gasteiger partial charge >= 0.3 is 0 Å². The second-order valence-electron chi connectivity index (χ2n) is 5.90. The molecule has 0 spiro atoms. The zero-order valence-corrected chi connectivity index (χ0v) is 16.8. The second kappa shape index (κ2) is 9.30. The summed E-state index contributed by atoms with van der Waals surface area (Å²) in [4.78, 5) is 19.4. The number of methoxy groups -OCH3 is 1. The second-order valence-corrected chi connectivity index (χ2v) is 6.91. The Morgan fingerprint density at radius 1 is 1.28 bits per heavy atom. The molecule has 0 bridgehead atoms. The van der Waals surface area contributed by atoms with Crippen molar-refractivity contribution in [3.8, 4) is 23.8 Å². The number of carbonyl (C=O) groups excluding carboxylic acids is 1. The van der Waals surface area contributed by atoms with Crippen LogP contribution in [0.1, 0.15) is 12.5 Å². The van der Waals surface area contributed by atoms with Gasteiger partial charge < -0.3 is 9.47 Å². The fourth-order valence-corrected chi connectivity index (χ4v) is 3.77. The molecular formula is C22H19FN2O3S. The predicted molar refractivity (Wildman–Crippen MR) is 114 cm³/mol. The third-order valence-corrected chi connectivity index (χ3v) is 5.08. The van der Waals surface area contributed by atoms with Crippen LogP contribution in [-0.4, -0.2) is 36.2 Å². The molecule has 2 aromatic carbocycles. The molecule has 0 aliphatic carbocycles. The fourth-order valence-electron chi connectivity index (χ4n) is 2.71. The number of rotatable bonds is 6. The van der Waals surface area contributed by atoms with Crippen LogP contribution in [0.5, 0.6) is 11.5 Å². The molecule has 1 aliphatic rings. The van der Waals surface area contributed by atoms with Crippen molar-refractivity contribution in [1.82, 2.24) is 4.90 Å². The minimum absolute atomic E-state index is 0.0794. The van der Waals surface area contributed by atoms with Gasteiger partial charge in [-0.05, 0) is 55.1 Å². The first-order valence-electron chi connectivity index (χ1n) is 8.86. The van der Waals surface area contributed by atoms with Crippen molar-refractivity contribution in [2.24, 2.45) is 4.99 Å². The van der Waals surface area contributed by atoms with E-state index in [4.69, 9.17) is 15.9 Å². The molecule has 1 heterocycles. The summed E-state index contributed by atoms with van der Waals surface area (Å²) in [6.45, 7) is 2.41. The van der Waals surface area contributed by atoms with Gasteiger partial charge in [0.05, 0.1) is 17.7 Å². The van der Waals surface area contributed by atoms with E-state index in [1.807, 2.05) is 19.1 Å². The number of hydrogen-bond donors (Lipinski definition) is 0. The number of para-hydroxylation sites is 1. The van der Waals surface area contributed by atoms with E-state index in [1.165, 1.54) is 31.0 Å². The molecule has 7 heteroatoms. The zero-order valence-electron chi connectivity index (χ0n) is 16.0. The van der Waals surface area contributed by atoms with Crippen LogP contribution in [0.25, 0.3) is 6.08 Å².